The second-order valence-electron chi connectivity index (χ2n) is 5.21. The van der Waals surface area contributed by atoms with Crippen LogP contribution < -0.4 is 5.32 Å². The number of nitrogens with zero attached hydrogens (tertiary/aromatic N) is 3. The Bertz CT molecular complexity index is 384. The van der Waals surface area contributed by atoms with Crippen LogP contribution in [0.4, 0.5) is 0 Å². The summed E-state index contributed by atoms with van der Waals surface area (Å²) in [5.74, 6) is 2.27. The Labute approximate surface area is 108 Å². The molecule has 3 rings (SSSR count). The van der Waals surface area contributed by atoms with Gasteiger partial charge in [0.25, 0.3) is 0 Å². The molecule has 0 aliphatic carbocycles. The van der Waals surface area contributed by atoms with Gasteiger partial charge in [-0.2, -0.15) is 0 Å². The van der Waals surface area contributed by atoms with E-state index in [-0.39, 0.29) is 0 Å². The van der Waals surface area contributed by atoms with Crippen molar-refractivity contribution in [3.63, 3.8) is 0 Å². The molecular weight excluding hydrogens is 228 g/mol. The highest BCUT2D eigenvalue weighted by atomic mass is 16.5. The van der Waals surface area contributed by atoms with Crippen molar-refractivity contribution >= 4 is 0 Å². The third-order valence-corrected chi connectivity index (χ3v) is 3.90. The van der Waals surface area contributed by atoms with E-state index in [2.05, 4.69) is 20.1 Å². The van der Waals surface area contributed by atoms with Gasteiger partial charge in [-0.1, -0.05) is 0 Å². The fourth-order valence-corrected chi connectivity index (χ4v) is 2.83. The molecular formula is C13H22N4O. The molecule has 5 heteroatoms. The van der Waals surface area contributed by atoms with Crippen molar-refractivity contribution in [3.05, 3.63) is 11.6 Å². The van der Waals surface area contributed by atoms with Crippen molar-refractivity contribution in [3.8, 4) is 0 Å². The van der Waals surface area contributed by atoms with Crippen molar-refractivity contribution in [1.82, 2.24) is 20.1 Å². The predicted molar refractivity (Wildman–Crippen MR) is 68.5 cm³/mol. The number of fused-ring (bicyclic) bond motifs is 1. The molecule has 0 saturated carbocycles. The molecule has 1 N–H and O–H groups in total. The van der Waals surface area contributed by atoms with Gasteiger partial charge in [0.05, 0.1) is 12.7 Å². The van der Waals surface area contributed by atoms with Crippen LogP contribution in [0.2, 0.25) is 0 Å². The molecule has 0 atom stereocenters. The lowest BCUT2D eigenvalue weighted by atomic mass is 10.1. The van der Waals surface area contributed by atoms with Crippen molar-refractivity contribution in [2.75, 3.05) is 19.7 Å². The summed E-state index contributed by atoms with van der Waals surface area (Å²) in [4.78, 5) is 0. The third-order valence-electron chi connectivity index (χ3n) is 3.90. The Kier molecular flexibility index (Phi) is 3.90. The van der Waals surface area contributed by atoms with Crippen LogP contribution >= 0.6 is 0 Å². The lowest BCUT2D eigenvalue weighted by molar-refractivity contribution is 0.0338. The van der Waals surface area contributed by atoms with Gasteiger partial charge < -0.3 is 14.6 Å². The second-order valence-corrected chi connectivity index (χ2v) is 5.21. The van der Waals surface area contributed by atoms with Crippen LogP contribution in [0, 0.1) is 0 Å². The Balaban J connectivity index is 1.49. The average molecular weight is 250 g/mol. The van der Waals surface area contributed by atoms with Crippen LogP contribution in [0.15, 0.2) is 0 Å². The van der Waals surface area contributed by atoms with Gasteiger partial charge in [-0.3, -0.25) is 0 Å². The van der Waals surface area contributed by atoms with Crippen LogP contribution in [0.3, 0.4) is 0 Å². The maximum Gasteiger partial charge on any atom is 0.135 e. The van der Waals surface area contributed by atoms with E-state index in [9.17, 15) is 0 Å². The summed E-state index contributed by atoms with van der Waals surface area (Å²) in [6.07, 6.45) is 7.21. The van der Waals surface area contributed by atoms with E-state index in [1.807, 2.05) is 0 Å². The van der Waals surface area contributed by atoms with Crippen LogP contribution in [-0.2, 0) is 24.1 Å². The number of rotatable bonds is 4. The highest BCUT2D eigenvalue weighted by Gasteiger charge is 2.17. The van der Waals surface area contributed by atoms with Gasteiger partial charge in [-0.15, -0.1) is 10.2 Å². The number of nitrogens with one attached hydrogen (secondary N) is 1. The monoisotopic (exact) mass is 250 g/mol. The highest BCUT2D eigenvalue weighted by Crippen LogP contribution is 2.15. The summed E-state index contributed by atoms with van der Waals surface area (Å²) >= 11 is 0. The molecule has 1 aromatic rings. The van der Waals surface area contributed by atoms with E-state index in [1.54, 1.807) is 0 Å². The molecule has 100 valence electrons. The number of piperidine rings is 1. The Hall–Kier alpha value is -0.940. The molecule has 18 heavy (non-hydrogen) atoms. The molecule has 1 saturated heterocycles. The topological polar surface area (TPSA) is 52.0 Å². The smallest absolute Gasteiger partial charge is 0.135 e. The van der Waals surface area contributed by atoms with Gasteiger partial charge >= 0.3 is 0 Å². The van der Waals surface area contributed by atoms with Crippen molar-refractivity contribution in [1.29, 1.82) is 0 Å². The van der Waals surface area contributed by atoms with Gasteiger partial charge in [0.15, 0.2) is 0 Å². The summed E-state index contributed by atoms with van der Waals surface area (Å²) in [6, 6.07) is 0. The van der Waals surface area contributed by atoms with Crippen LogP contribution in [0.1, 0.15) is 37.3 Å². The fourth-order valence-electron chi connectivity index (χ4n) is 2.83. The molecule has 0 amide bonds. The maximum absolute atomic E-state index is 5.93. The van der Waals surface area contributed by atoms with E-state index in [0.29, 0.717) is 6.10 Å². The minimum atomic E-state index is 0.440. The van der Waals surface area contributed by atoms with Crippen molar-refractivity contribution in [2.24, 2.45) is 0 Å². The fraction of sp³-hybridized carbons (Fsp3) is 0.846. The zero-order chi connectivity index (χ0) is 12.2. The molecule has 2 aliphatic rings. The molecule has 0 spiro atoms. The zero-order valence-corrected chi connectivity index (χ0v) is 10.9. The third kappa shape index (κ3) is 2.72. The molecule has 0 bridgehead atoms. The Morgan fingerprint density at radius 3 is 3.00 bits per heavy atom. The maximum atomic E-state index is 5.93. The van der Waals surface area contributed by atoms with Crippen LogP contribution in [-0.4, -0.2) is 40.6 Å². The standard InChI is InChI=1S/C13H22N4O/c1-2-9-17-12(3-1)15-16-13(17)6-10-18-11-4-7-14-8-5-11/h11,14H,1-10H2. The lowest BCUT2D eigenvalue weighted by Gasteiger charge is -2.23. The number of aryl methyl sites for hydroxylation is 1. The first-order valence-corrected chi connectivity index (χ1v) is 7.17. The summed E-state index contributed by atoms with van der Waals surface area (Å²) in [5.41, 5.74) is 0. The first kappa shape index (κ1) is 12.1. The summed E-state index contributed by atoms with van der Waals surface area (Å²) in [6.45, 7) is 4.05. The van der Waals surface area contributed by atoms with Crippen molar-refractivity contribution < 1.29 is 4.74 Å². The normalized spacial score (nSPS) is 20.9. The summed E-state index contributed by atoms with van der Waals surface area (Å²) in [7, 11) is 0. The Morgan fingerprint density at radius 1 is 1.22 bits per heavy atom. The van der Waals surface area contributed by atoms with E-state index in [0.717, 1.165) is 63.6 Å². The molecule has 0 unspecified atom stereocenters. The Morgan fingerprint density at radius 2 is 2.11 bits per heavy atom. The molecule has 0 radical (unpaired) electrons. The minimum absolute atomic E-state index is 0.440. The van der Waals surface area contributed by atoms with Gasteiger partial charge in [0.2, 0.25) is 0 Å². The molecule has 1 fully saturated rings. The van der Waals surface area contributed by atoms with Gasteiger partial charge in [-0.25, -0.2) is 0 Å². The van der Waals surface area contributed by atoms with Crippen LogP contribution in [0.25, 0.3) is 0 Å². The predicted octanol–water partition coefficient (Wildman–Crippen LogP) is 0.925. The highest BCUT2D eigenvalue weighted by molar-refractivity contribution is 4.99. The van der Waals surface area contributed by atoms with Gasteiger partial charge in [0.1, 0.15) is 11.6 Å². The first-order valence-electron chi connectivity index (χ1n) is 7.17. The first-order chi connectivity index (χ1) is 8.93. The van der Waals surface area contributed by atoms with Gasteiger partial charge in [0, 0.05) is 19.4 Å². The lowest BCUT2D eigenvalue weighted by Crippen LogP contribution is -2.32. The van der Waals surface area contributed by atoms with E-state index < -0.39 is 0 Å². The number of ether oxygens (including phenoxy) is 1. The molecule has 5 nitrogen and oxygen atoms in total. The molecule has 0 aromatic carbocycles. The van der Waals surface area contributed by atoms with Crippen molar-refractivity contribution in [2.45, 2.75) is 51.2 Å². The molecule has 3 heterocycles. The number of hydrogen-bond acceptors (Lipinski definition) is 4. The minimum Gasteiger partial charge on any atom is -0.378 e. The molecule has 2 aliphatic heterocycles. The van der Waals surface area contributed by atoms with Crippen LogP contribution in [0.5, 0.6) is 0 Å². The number of hydrogen-bond donors (Lipinski definition) is 1. The van der Waals surface area contributed by atoms with E-state index in [1.165, 1.54) is 12.8 Å². The average Bonchev–Trinajstić information content (AvgIpc) is 2.84. The number of aromatic nitrogens is 3. The summed E-state index contributed by atoms with van der Waals surface area (Å²) in [5, 5.41) is 11.9. The SMILES string of the molecule is C1CCn2c(nnc2CCOC2CCNCC2)C1. The van der Waals surface area contributed by atoms with E-state index >= 15 is 0 Å². The summed E-state index contributed by atoms with van der Waals surface area (Å²) < 4.78 is 8.21. The molecule has 1 aromatic heterocycles. The quantitative estimate of drug-likeness (QED) is 0.863. The van der Waals surface area contributed by atoms with Gasteiger partial charge in [-0.05, 0) is 38.8 Å². The zero-order valence-electron chi connectivity index (χ0n) is 10.9. The largest absolute Gasteiger partial charge is 0.378 e. The van der Waals surface area contributed by atoms with E-state index in [4.69, 9.17) is 4.74 Å². The second kappa shape index (κ2) is 5.80.